The Morgan fingerprint density at radius 3 is 2.63 bits per heavy atom. The van der Waals surface area contributed by atoms with E-state index in [9.17, 15) is 0 Å². The van der Waals surface area contributed by atoms with Crippen molar-refractivity contribution in [2.75, 3.05) is 12.4 Å². The van der Waals surface area contributed by atoms with E-state index in [1.54, 1.807) is 13.2 Å². The van der Waals surface area contributed by atoms with Crippen LogP contribution in [0.4, 0.5) is 5.82 Å². The lowest BCUT2D eigenvalue weighted by atomic mass is 10.1. The normalized spacial score (nSPS) is 11.4. The fourth-order valence-corrected chi connectivity index (χ4v) is 1.71. The quantitative estimate of drug-likeness (QED) is 0.907. The Morgan fingerprint density at radius 2 is 2.00 bits per heavy atom. The third kappa shape index (κ3) is 2.99. The molecule has 0 fully saturated rings. The van der Waals surface area contributed by atoms with Crippen molar-refractivity contribution in [1.82, 2.24) is 10.2 Å². The Hall–Kier alpha value is -2.61. The second-order valence-corrected chi connectivity index (χ2v) is 4.04. The molecule has 2 rings (SSSR count). The van der Waals surface area contributed by atoms with Crippen LogP contribution in [0, 0.1) is 11.3 Å². The van der Waals surface area contributed by atoms with Crippen LogP contribution in [-0.4, -0.2) is 17.3 Å². The van der Waals surface area contributed by atoms with Crippen LogP contribution in [0.15, 0.2) is 36.5 Å². The Balaban J connectivity index is 2.16. The summed E-state index contributed by atoms with van der Waals surface area (Å²) in [7, 11) is 1.63. The molecule has 0 spiro atoms. The van der Waals surface area contributed by atoms with Crippen LogP contribution in [0.2, 0.25) is 0 Å². The number of hydrogen-bond acceptors (Lipinski definition) is 5. The fourth-order valence-electron chi connectivity index (χ4n) is 1.71. The number of rotatable bonds is 4. The lowest BCUT2D eigenvalue weighted by Gasteiger charge is -2.15. The fraction of sp³-hybridized carbons (Fsp3) is 0.214. The molecular formula is C14H14N4O. The molecule has 5 nitrogen and oxygen atoms in total. The van der Waals surface area contributed by atoms with Gasteiger partial charge in [-0.2, -0.15) is 10.4 Å². The predicted molar refractivity (Wildman–Crippen MR) is 71.8 cm³/mol. The van der Waals surface area contributed by atoms with Crippen LogP contribution in [0.1, 0.15) is 24.1 Å². The summed E-state index contributed by atoms with van der Waals surface area (Å²) in [5, 5.41) is 19.9. The average Bonchev–Trinajstić information content (AvgIpc) is 2.48. The Bertz CT molecular complexity index is 589. The van der Waals surface area contributed by atoms with E-state index in [1.165, 1.54) is 6.20 Å². The van der Waals surface area contributed by atoms with Crippen LogP contribution in [-0.2, 0) is 0 Å². The zero-order valence-electron chi connectivity index (χ0n) is 10.8. The van der Waals surface area contributed by atoms with E-state index in [0.717, 1.165) is 11.3 Å². The highest BCUT2D eigenvalue weighted by atomic mass is 16.5. The third-order valence-corrected chi connectivity index (χ3v) is 2.81. The van der Waals surface area contributed by atoms with Gasteiger partial charge in [0.1, 0.15) is 11.8 Å². The second-order valence-electron chi connectivity index (χ2n) is 4.04. The van der Waals surface area contributed by atoms with E-state index in [-0.39, 0.29) is 6.04 Å². The summed E-state index contributed by atoms with van der Waals surface area (Å²) in [6.07, 6.45) is 1.50. The van der Waals surface area contributed by atoms with Crippen LogP contribution < -0.4 is 10.1 Å². The topological polar surface area (TPSA) is 70.8 Å². The first kappa shape index (κ1) is 12.8. The Labute approximate surface area is 111 Å². The van der Waals surface area contributed by atoms with Gasteiger partial charge < -0.3 is 10.1 Å². The third-order valence-electron chi connectivity index (χ3n) is 2.81. The maximum absolute atomic E-state index is 9.00. The standard InChI is InChI=1S/C14H14N4O/c1-10(11-3-5-13(19-2)6-4-11)17-14-12(9-15)7-8-16-18-14/h3-8,10H,1-2H3,(H,17,18). The number of anilines is 1. The van der Waals surface area contributed by atoms with E-state index < -0.39 is 0 Å². The van der Waals surface area contributed by atoms with Crippen LogP contribution in [0.3, 0.4) is 0 Å². The summed E-state index contributed by atoms with van der Waals surface area (Å²) in [6, 6.07) is 11.5. The van der Waals surface area contributed by atoms with Gasteiger partial charge in [0.25, 0.3) is 0 Å². The van der Waals surface area contributed by atoms with Crippen molar-refractivity contribution in [2.45, 2.75) is 13.0 Å². The number of nitrogens with one attached hydrogen (secondary N) is 1. The first-order valence-corrected chi connectivity index (χ1v) is 5.87. The van der Waals surface area contributed by atoms with E-state index in [4.69, 9.17) is 10.00 Å². The number of hydrogen-bond donors (Lipinski definition) is 1. The number of ether oxygens (including phenoxy) is 1. The molecule has 1 heterocycles. The molecule has 1 atom stereocenters. The lowest BCUT2D eigenvalue weighted by molar-refractivity contribution is 0.414. The molecule has 0 aliphatic rings. The van der Waals surface area contributed by atoms with Gasteiger partial charge >= 0.3 is 0 Å². The van der Waals surface area contributed by atoms with E-state index in [1.807, 2.05) is 31.2 Å². The Morgan fingerprint density at radius 1 is 1.26 bits per heavy atom. The van der Waals surface area contributed by atoms with Gasteiger partial charge in [0, 0.05) is 0 Å². The summed E-state index contributed by atoms with van der Waals surface area (Å²) in [6.45, 7) is 2.00. The van der Waals surface area contributed by atoms with Crippen molar-refractivity contribution < 1.29 is 4.74 Å². The molecular weight excluding hydrogens is 240 g/mol. The number of aromatic nitrogens is 2. The molecule has 1 N–H and O–H groups in total. The van der Waals surface area contributed by atoms with Crippen molar-refractivity contribution in [3.05, 3.63) is 47.7 Å². The van der Waals surface area contributed by atoms with Gasteiger partial charge in [-0.25, -0.2) is 0 Å². The summed E-state index contributed by atoms with van der Waals surface area (Å²) < 4.78 is 5.12. The summed E-state index contributed by atoms with van der Waals surface area (Å²) in [5.41, 5.74) is 1.56. The number of nitriles is 1. The number of benzene rings is 1. The van der Waals surface area contributed by atoms with Gasteiger partial charge in [-0.1, -0.05) is 12.1 Å². The minimum absolute atomic E-state index is 0.0229. The maximum Gasteiger partial charge on any atom is 0.167 e. The molecule has 5 heteroatoms. The molecule has 2 aromatic rings. The first-order chi connectivity index (χ1) is 9.24. The molecule has 1 unspecified atom stereocenters. The molecule has 96 valence electrons. The van der Waals surface area contributed by atoms with Crippen LogP contribution >= 0.6 is 0 Å². The van der Waals surface area contributed by atoms with E-state index in [2.05, 4.69) is 21.6 Å². The van der Waals surface area contributed by atoms with Crippen molar-refractivity contribution in [3.8, 4) is 11.8 Å². The molecule has 0 saturated heterocycles. The zero-order chi connectivity index (χ0) is 13.7. The van der Waals surface area contributed by atoms with Crippen LogP contribution in [0.5, 0.6) is 5.75 Å². The SMILES string of the molecule is COc1ccc(C(C)Nc2nnccc2C#N)cc1. The molecule has 1 aromatic heterocycles. The first-order valence-electron chi connectivity index (χ1n) is 5.87. The minimum Gasteiger partial charge on any atom is -0.497 e. The second kappa shape index (κ2) is 5.83. The highest BCUT2D eigenvalue weighted by Gasteiger charge is 2.09. The highest BCUT2D eigenvalue weighted by molar-refractivity contribution is 5.51. The minimum atomic E-state index is 0.0229. The molecule has 0 amide bonds. The van der Waals surface area contributed by atoms with Gasteiger partial charge in [-0.3, -0.25) is 0 Å². The van der Waals surface area contributed by atoms with Gasteiger partial charge in [0.2, 0.25) is 0 Å². The molecule has 0 aliphatic heterocycles. The largest absolute Gasteiger partial charge is 0.497 e. The van der Waals surface area contributed by atoms with Gasteiger partial charge in [0.05, 0.1) is 24.9 Å². The molecule has 1 aromatic carbocycles. The monoisotopic (exact) mass is 254 g/mol. The molecule has 0 aliphatic carbocycles. The summed E-state index contributed by atoms with van der Waals surface area (Å²) >= 11 is 0. The summed E-state index contributed by atoms with van der Waals surface area (Å²) in [4.78, 5) is 0. The van der Waals surface area contributed by atoms with Crippen molar-refractivity contribution in [3.63, 3.8) is 0 Å². The number of methoxy groups -OCH3 is 1. The van der Waals surface area contributed by atoms with Crippen molar-refractivity contribution >= 4 is 5.82 Å². The van der Waals surface area contributed by atoms with Gasteiger partial charge in [-0.15, -0.1) is 5.10 Å². The predicted octanol–water partition coefficient (Wildman–Crippen LogP) is 2.53. The maximum atomic E-state index is 9.00. The van der Waals surface area contributed by atoms with Crippen LogP contribution in [0.25, 0.3) is 0 Å². The van der Waals surface area contributed by atoms with Crippen molar-refractivity contribution in [1.29, 1.82) is 5.26 Å². The molecule has 0 saturated carbocycles. The molecule has 0 bridgehead atoms. The van der Waals surface area contributed by atoms with E-state index >= 15 is 0 Å². The molecule has 0 radical (unpaired) electrons. The Kier molecular flexibility index (Phi) is 3.94. The van der Waals surface area contributed by atoms with Gasteiger partial charge in [-0.05, 0) is 30.7 Å². The lowest BCUT2D eigenvalue weighted by Crippen LogP contribution is -2.09. The smallest absolute Gasteiger partial charge is 0.167 e. The zero-order valence-corrected chi connectivity index (χ0v) is 10.8. The molecule has 19 heavy (non-hydrogen) atoms. The van der Waals surface area contributed by atoms with Crippen molar-refractivity contribution in [2.24, 2.45) is 0 Å². The average molecular weight is 254 g/mol. The highest BCUT2D eigenvalue weighted by Crippen LogP contribution is 2.21. The number of nitrogens with zero attached hydrogens (tertiary/aromatic N) is 3. The summed E-state index contributed by atoms with van der Waals surface area (Å²) in [5.74, 6) is 1.31. The van der Waals surface area contributed by atoms with Gasteiger partial charge in [0.15, 0.2) is 5.82 Å². The van der Waals surface area contributed by atoms with E-state index in [0.29, 0.717) is 11.4 Å².